The highest BCUT2D eigenvalue weighted by Gasteiger charge is 2.29. The summed E-state index contributed by atoms with van der Waals surface area (Å²) in [6.07, 6.45) is 0. The number of likely N-dealkylation sites (N-methyl/N-ethyl adjacent to an activating group) is 1. The van der Waals surface area contributed by atoms with E-state index in [0.717, 1.165) is 4.31 Å². The summed E-state index contributed by atoms with van der Waals surface area (Å²) in [6.45, 7) is 1.29. The van der Waals surface area contributed by atoms with Gasteiger partial charge in [0.15, 0.2) is 0 Å². The van der Waals surface area contributed by atoms with Crippen molar-refractivity contribution in [3.05, 3.63) is 28.7 Å². The van der Waals surface area contributed by atoms with Crippen molar-refractivity contribution in [2.24, 2.45) is 14.1 Å². The van der Waals surface area contributed by atoms with Crippen molar-refractivity contribution in [1.82, 2.24) is 13.4 Å². The monoisotopic (exact) mass is 327 g/mol. The van der Waals surface area contributed by atoms with Crippen molar-refractivity contribution < 1.29 is 18.3 Å². The van der Waals surface area contributed by atoms with Gasteiger partial charge in [-0.05, 0) is 25.1 Å². The molecule has 0 spiro atoms. The van der Waals surface area contributed by atoms with Crippen LogP contribution in [-0.2, 0) is 28.9 Å². The minimum atomic E-state index is -3.97. The molecule has 2 aromatic rings. The molecule has 0 fully saturated rings. The number of aliphatic carboxylic acids is 1. The van der Waals surface area contributed by atoms with Gasteiger partial charge in [0.05, 0.1) is 15.9 Å². The summed E-state index contributed by atoms with van der Waals surface area (Å²) in [5.74, 6) is -1.24. The molecule has 0 aliphatic heterocycles. The number of imidazole rings is 1. The zero-order valence-electron chi connectivity index (χ0n) is 12.6. The first-order chi connectivity index (χ1) is 10.1. The third-order valence-corrected chi connectivity index (χ3v) is 5.75. The van der Waals surface area contributed by atoms with Gasteiger partial charge < -0.3 is 5.11 Å². The quantitative estimate of drug-likeness (QED) is 0.850. The Kier molecular flexibility index (Phi) is 3.88. The predicted molar refractivity (Wildman–Crippen MR) is 80.2 cm³/mol. The number of aromatic nitrogens is 2. The first kappa shape index (κ1) is 16.2. The van der Waals surface area contributed by atoms with E-state index in [1.807, 2.05) is 0 Å². The first-order valence-corrected chi connectivity index (χ1v) is 7.89. The van der Waals surface area contributed by atoms with E-state index < -0.39 is 22.0 Å². The normalized spacial score (nSPS) is 13.7. The van der Waals surface area contributed by atoms with Crippen LogP contribution in [0.1, 0.15) is 6.92 Å². The Morgan fingerprint density at radius 3 is 2.32 bits per heavy atom. The van der Waals surface area contributed by atoms with Gasteiger partial charge >= 0.3 is 11.7 Å². The van der Waals surface area contributed by atoms with Gasteiger partial charge in [0.1, 0.15) is 6.04 Å². The van der Waals surface area contributed by atoms with Crippen molar-refractivity contribution in [3.63, 3.8) is 0 Å². The lowest BCUT2D eigenvalue weighted by Crippen LogP contribution is -2.40. The standard InChI is InChI=1S/C13H17N3O5S/c1-8(12(17)18)16(4)22(20,21)9-5-6-10-11(7-9)15(3)13(19)14(10)2/h5-8H,1-4H3,(H,17,18). The lowest BCUT2D eigenvalue weighted by molar-refractivity contribution is -0.140. The Morgan fingerprint density at radius 1 is 1.23 bits per heavy atom. The van der Waals surface area contributed by atoms with Gasteiger partial charge in [-0.1, -0.05) is 0 Å². The van der Waals surface area contributed by atoms with Crippen LogP contribution in [0.25, 0.3) is 11.0 Å². The van der Waals surface area contributed by atoms with Crippen molar-refractivity contribution in [1.29, 1.82) is 0 Å². The Morgan fingerprint density at radius 2 is 1.77 bits per heavy atom. The summed E-state index contributed by atoms with van der Waals surface area (Å²) in [4.78, 5) is 22.8. The van der Waals surface area contributed by atoms with Gasteiger partial charge in [0, 0.05) is 21.1 Å². The van der Waals surface area contributed by atoms with E-state index in [2.05, 4.69) is 0 Å². The van der Waals surface area contributed by atoms with Gasteiger partial charge in [-0.25, -0.2) is 13.2 Å². The molecule has 1 unspecified atom stereocenters. The summed E-state index contributed by atoms with van der Waals surface area (Å²) in [5.41, 5.74) is 0.794. The molecule has 2 rings (SSSR count). The highest BCUT2D eigenvalue weighted by atomic mass is 32.2. The Hall–Kier alpha value is -2.13. The number of hydrogen-bond acceptors (Lipinski definition) is 4. The van der Waals surface area contributed by atoms with E-state index >= 15 is 0 Å². The number of carbonyl (C=O) groups is 1. The second-order valence-corrected chi connectivity index (χ2v) is 7.08. The van der Waals surface area contributed by atoms with Crippen LogP contribution in [0.5, 0.6) is 0 Å². The lowest BCUT2D eigenvalue weighted by Gasteiger charge is -2.21. The molecule has 0 amide bonds. The molecule has 1 aromatic carbocycles. The fraction of sp³-hybridized carbons (Fsp3) is 0.385. The summed E-state index contributed by atoms with van der Waals surface area (Å²) in [5, 5.41) is 8.96. The van der Waals surface area contributed by atoms with Crippen LogP contribution in [0.3, 0.4) is 0 Å². The molecule has 1 atom stereocenters. The summed E-state index contributed by atoms with van der Waals surface area (Å²) >= 11 is 0. The van der Waals surface area contributed by atoms with Crippen molar-refractivity contribution >= 4 is 27.0 Å². The molecule has 0 saturated heterocycles. The highest BCUT2D eigenvalue weighted by molar-refractivity contribution is 7.89. The van der Waals surface area contributed by atoms with Crippen LogP contribution in [0.2, 0.25) is 0 Å². The maximum absolute atomic E-state index is 12.5. The molecule has 1 heterocycles. The van der Waals surface area contributed by atoms with Crippen LogP contribution < -0.4 is 5.69 Å². The molecular formula is C13H17N3O5S. The molecule has 1 aromatic heterocycles. The number of carboxylic acids is 1. The number of fused-ring (bicyclic) bond motifs is 1. The molecule has 0 bridgehead atoms. The molecule has 22 heavy (non-hydrogen) atoms. The molecule has 0 aliphatic carbocycles. The summed E-state index contributed by atoms with van der Waals surface area (Å²) in [6, 6.07) is 3.07. The maximum Gasteiger partial charge on any atom is 0.328 e. The molecule has 0 radical (unpaired) electrons. The minimum absolute atomic E-state index is 0.0585. The van der Waals surface area contributed by atoms with Crippen molar-refractivity contribution in [2.45, 2.75) is 17.9 Å². The molecule has 120 valence electrons. The van der Waals surface area contributed by atoms with Gasteiger partial charge in [0.2, 0.25) is 10.0 Å². The lowest BCUT2D eigenvalue weighted by atomic mass is 10.3. The fourth-order valence-corrected chi connectivity index (χ4v) is 3.52. The highest BCUT2D eigenvalue weighted by Crippen LogP contribution is 2.21. The number of hydrogen-bond donors (Lipinski definition) is 1. The van der Waals surface area contributed by atoms with Crippen LogP contribution in [0.4, 0.5) is 0 Å². The maximum atomic E-state index is 12.5. The van der Waals surface area contributed by atoms with Crippen molar-refractivity contribution in [3.8, 4) is 0 Å². The molecule has 9 heteroatoms. The van der Waals surface area contributed by atoms with Gasteiger partial charge in [0.25, 0.3) is 0 Å². The molecular weight excluding hydrogens is 310 g/mol. The molecule has 0 aliphatic rings. The number of nitrogens with zero attached hydrogens (tertiary/aromatic N) is 3. The Bertz CT molecular complexity index is 910. The van der Waals surface area contributed by atoms with Crippen LogP contribution in [0.15, 0.2) is 27.9 Å². The molecule has 8 nitrogen and oxygen atoms in total. The third kappa shape index (κ3) is 2.32. The van der Waals surface area contributed by atoms with Crippen LogP contribution >= 0.6 is 0 Å². The number of sulfonamides is 1. The van der Waals surface area contributed by atoms with E-state index in [-0.39, 0.29) is 10.6 Å². The first-order valence-electron chi connectivity index (χ1n) is 6.45. The summed E-state index contributed by atoms with van der Waals surface area (Å²) in [7, 11) is 0.384. The smallest absolute Gasteiger partial charge is 0.328 e. The zero-order chi connectivity index (χ0) is 16.8. The number of carboxylic acid groups (broad SMARTS) is 1. The van der Waals surface area contributed by atoms with E-state index in [1.54, 1.807) is 14.1 Å². The Labute approximate surface area is 127 Å². The van der Waals surface area contributed by atoms with Crippen LogP contribution in [-0.4, -0.2) is 46.0 Å². The second kappa shape index (κ2) is 5.25. The number of rotatable bonds is 4. The Balaban J connectivity index is 2.62. The largest absolute Gasteiger partial charge is 0.480 e. The van der Waals surface area contributed by atoms with Crippen LogP contribution in [0, 0.1) is 0 Å². The SMILES string of the molecule is CC(C(=O)O)N(C)S(=O)(=O)c1ccc2c(c1)n(C)c(=O)n2C. The fourth-order valence-electron chi connectivity index (χ4n) is 2.18. The number of benzene rings is 1. The summed E-state index contributed by atoms with van der Waals surface area (Å²) < 4.78 is 28.5. The average Bonchev–Trinajstić information content (AvgIpc) is 2.70. The van der Waals surface area contributed by atoms with E-state index in [9.17, 15) is 18.0 Å². The van der Waals surface area contributed by atoms with Gasteiger partial charge in [-0.2, -0.15) is 4.31 Å². The van der Waals surface area contributed by atoms with Crippen molar-refractivity contribution in [2.75, 3.05) is 7.05 Å². The third-order valence-electron chi connectivity index (χ3n) is 3.82. The topological polar surface area (TPSA) is 102 Å². The predicted octanol–water partition coefficient (Wildman–Crippen LogP) is -0.0294. The van der Waals surface area contributed by atoms with E-state index in [0.29, 0.717) is 11.0 Å². The molecule has 1 N–H and O–H groups in total. The minimum Gasteiger partial charge on any atom is -0.480 e. The zero-order valence-corrected chi connectivity index (χ0v) is 13.5. The molecule has 0 saturated carbocycles. The second-order valence-electron chi connectivity index (χ2n) is 5.09. The van der Waals surface area contributed by atoms with E-state index in [4.69, 9.17) is 5.11 Å². The van der Waals surface area contributed by atoms with E-state index in [1.165, 1.54) is 41.3 Å². The number of aryl methyl sites for hydroxylation is 2. The average molecular weight is 327 g/mol. The van der Waals surface area contributed by atoms with Gasteiger partial charge in [-0.15, -0.1) is 0 Å². The van der Waals surface area contributed by atoms with Gasteiger partial charge in [-0.3, -0.25) is 13.9 Å².